The summed E-state index contributed by atoms with van der Waals surface area (Å²) in [5.41, 5.74) is 10.4. The van der Waals surface area contributed by atoms with Crippen molar-refractivity contribution in [2.45, 2.75) is 33.9 Å². The fourth-order valence-corrected chi connectivity index (χ4v) is 3.65. The maximum absolute atomic E-state index is 12.2. The fraction of sp³-hybridized carbons (Fsp3) is 0.389. The molecule has 0 unspecified atom stereocenters. The predicted octanol–water partition coefficient (Wildman–Crippen LogP) is 3.24. The number of anilines is 1. The maximum atomic E-state index is 12.2. The predicted molar refractivity (Wildman–Crippen MR) is 104 cm³/mol. The van der Waals surface area contributed by atoms with E-state index in [1.807, 2.05) is 32.9 Å². The van der Waals surface area contributed by atoms with Gasteiger partial charge in [-0.1, -0.05) is 0 Å². The number of ether oxygens (including phenoxy) is 1. The average molecular weight is 420 g/mol. The van der Waals surface area contributed by atoms with Crippen molar-refractivity contribution in [3.8, 4) is 17.0 Å². The van der Waals surface area contributed by atoms with E-state index in [-0.39, 0.29) is 12.0 Å². The minimum atomic E-state index is -0.113. The van der Waals surface area contributed by atoms with Gasteiger partial charge < -0.3 is 20.7 Å². The van der Waals surface area contributed by atoms with E-state index in [9.17, 15) is 4.79 Å². The number of amides is 2. The van der Waals surface area contributed by atoms with E-state index in [0.717, 1.165) is 38.3 Å². The Labute approximate surface area is 161 Å². The minimum absolute atomic E-state index is 0.113. The van der Waals surface area contributed by atoms with Crippen LogP contribution in [0, 0.1) is 6.92 Å². The Morgan fingerprint density at radius 3 is 2.81 bits per heavy atom. The lowest BCUT2D eigenvalue weighted by molar-refractivity contribution is 0.199. The first-order valence-corrected chi connectivity index (χ1v) is 9.35. The summed E-state index contributed by atoms with van der Waals surface area (Å²) in [4.78, 5) is 22.7. The van der Waals surface area contributed by atoms with Gasteiger partial charge in [-0.05, 0) is 54.4 Å². The van der Waals surface area contributed by atoms with Crippen LogP contribution in [0.25, 0.3) is 11.3 Å². The monoisotopic (exact) mass is 419 g/mol. The molecule has 2 heterocycles. The number of carbonyl (C=O) groups is 1. The van der Waals surface area contributed by atoms with Gasteiger partial charge in [-0.2, -0.15) is 0 Å². The van der Waals surface area contributed by atoms with Crippen molar-refractivity contribution < 1.29 is 9.53 Å². The number of hydrogen-bond acceptors (Lipinski definition) is 5. The number of aromatic nitrogens is 2. The maximum Gasteiger partial charge on any atom is 0.318 e. The summed E-state index contributed by atoms with van der Waals surface area (Å²) >= 11 is 3.53. The molecule has 1 aliphatic heterocycles. The molecule has 1 aromatic carbocycles. The number of fused-ring (bicyclic) bond motifs is 1. The number of hydrogen-bond donors (Lipinski definition) is 2. The Morgan fingerprint density at radius 1 is 1.35 bits per heavy atom. The molecule has 8 heteroatoms. The SMILES string of the molecule is CCNC(=O)N1Cc2nc(N)nc(-c3cc(OCC)c(Br)cc3C)c2C1. The van der Waals surface area contributed by atoms with Crippen molar-refractivity contribution in [3.63, 3.8) is 0 Å². The smallest absolute Gasteiger partial charge is 0.318 e. The van der Waals surface area contributed by atoms with Crippen LogP contribution in [-0.2, 0) is 13.1 Å². The Bertz CT molecular complexity index is 856. The second-order valence-electron chi connectivity index (χ2n) is 6.08. The fourth-order valence-electron chi connectivity index (χ4n) is 3.08. The van der Waals surface area contributed by atoms with Gasteiger partial charge in [-0.3, -0.25) is 0 Å². The van der Waals surface area contributed by atoms with Crippen molar-refractivity contribution in [3.05, 3.63) is 33.4 Å². The van der Waals surface area contributed by atoms with Gasteiger partial charge in [0.05, 0.1) is 35.6 Å². The van der Waals surface area contributed by atoms with Crippen molar-refractivity contribution in [1.82, 2.24) is 20.2 Å². The molecule has 0 saturated heterocycles. The number of nitrogen functional groups attached to an aromatic ring is 1. The van der Waals surface area contributed by atoms with Crippen LogP contribution in [-0.4, -0.2) is 34.1 Å². The van der Waals surface area contributed by atoms with Gasteiger partial charge in [0.2, 0.25) is 5.95 Å². The molecule has 0 spiro atoms. The molecular weight excluding hydrogens is 398 g/mol. The van der Waals surface area contributed by atoms with E-state index < -0.39 is 0 Å². The van der Waals surface area contributed by atoms with Crippen LogP contribution in [0.1, 0.15) is 30.7 Å². The van der Waals surface area contributed by atoms with Gasteiger partial charge >= 0.3 is 6.03 Å². The van der Waals surface area contributed by atoms with Crippen molar-refractivity contribution >= 4 is 27.9 Å². The van der Waals surface area contributed by atoms with Crippen molar-refractivity contribution in [2.24, 2.45) is 0 Å². The Balaban J connectivity index is 2.06. The quantitative estimate of drug-likeness (QED) is 0.792. The number of nitrogens with two attached hydrogens (primary N) is 1. The topological polar surface area (TPSA) is 93.4 Å². The van der Waals surface area contributed by atoms with Gasteiger partial charge in [0.1, 0.15) is 5.75 Å². The molecule has 0 fully saturated rings. The summed E-state index contributed by atoms with van der Waals surface area (Å²) in [7, 11) is 0. The van der Waals surface area contributed by atoms with Gasteiger partial charge in [-0.25, -0.2) is 14.8 Å². The highest BCUT2D eigenvalue weighted by atomic mass is 79.9. The third-order valence-electron chi connectivity index (χ3n) is 4.25. The zero-order valence-corrected chi connectivity index (χ0v) is 16.7. The van der Waals surface area contributed by atoms with Crippen LogP contribution in [0.15, 0.2) is 16.6 Å². The highest BCUT2D eigenvalue weighted by Crippen LogP contribution is 2.37. The molecule has 26 heavy (non-hydrogen) atoms. The van der Waals surface area contributed by atoms with Gasteiger partial charge in [0.15, 0.2) is 0 Å². The molecule has 3 N–H and O–H groups in total. The van der Waals surface area contributed by atoms with E-state index in [0.29, 0.717) is 26.2 Å². The zero-order valence-electron chi connectivity index (χ0n) is 15.1. The van der Waals surface area contributed by atoms with Gasteiger partial charge in [0.25, 0.3) is 0 Å². The number of rotatable bonds is 4. The number of halogens is 1. The van der Waals surface area contributed by atoms with Crippen LogP contribution in [0.3, 0.4) is 0 Å². The third-order valence-corrected chi connectivity index (χ3v) is 4.87. The Kier molecular flexibility index (Phi) is 5.31. The van der Waals surface area contributed by atoms with E-state index in [1.165, 1.54) is 0 Å². The minimum Gasteiger partial charge on any atom is -0.493 e. The Morgan fingerprint density at radius 2 is 2.12 bits per heavy atom. The lowest BCUT2D eigenvalue weighted by Crippen LogP contribution is -2.36. The first-order valence-electron chi connectivity index (χ1n) is 8.55. The molecule has 0 bridgehead atoms. The van der Waals surface area contributed by atoms with Crippen LogP contribution in [0.4, 0.5) is 10.7 Å². The number of nitrogens with zero attached hydrogens (tertiary/aromatic N) is 3. The highest BCUT2D eigenvalue weighted by Gasteiger charge is 2.29. The zero-order chi connectivity index (χ0) is 18.8. The summed E-state index contributed by atoms with van der Waals surface area (Å²) in [5.74, 6) is 0.953. The van der Waals surface area contributed by atoms with E-state index in [2.05, 4.69) is 31.2 Å². The molecule has 0 saturated carbocycles. The number of carbonyl (C=O) groups excluding carboxylic acids is 1. The summed E-state index contributed by atoms with van der Waals surface area (Å²) in [5, 5.41) is 2.82. The second-order valence-corrected chi connectivity index (χ2v) is 6.93. The second kappa shape index (κ2) is 7.49. The standard InChI is InChI=1S/C18H22BrN5O2/c1-4-21-18(25)24-8-12-14(9-24)22-17(20)23-16(12)11-7-15(26-5-2)13(19)6-10(11)3/h6-7H,4-5,8-9H2,1-3H3,(H,21,25)(H2,20,22,23). The summed E-state index contributed by atoms with van der Waals surface area (Å²) in [6.45, 7) is 7.87. The van der Waals surface area contributed by atoms with Crippen LogP contribution in [0.5, 0.6) is 5.75 Å². The molecule has 1 aliphatic rings. The average Bonchev–Trinajstić information content (AvgIpc) is 3.01. The van der Waals surface area contributed by atoms with Crippen LogP contribution >= 0.6 is 15.9 Å². The Hall–Kier alpha value is -2.35. The normalized spacial score (nSPS) is 12.8. The molecule has 3 rings (SSSR count). The van der Waals surface area contributed by atoms with Gasteiger partial charge in [0, 0.05) is 17.7 Å². The lowest BCUT2D eigenvalue weighted by atomic mass is 10.0. The van der Waals surface area contributed by atoms with Crippen molar-refractivity contribution in [2.75, 3.05) is 18.9 Å². The van der Waals surface area contributed by atoms with E-state index in [4.69, 9.17) is 10.5 Å². The molecule has 0 atom stereocenters. The molecule has 0 radical (unpaired) electrons. The molecule has 138 valence electrons. The summed E-state index contributed by atoms with van der Waals surface area (Å²) in [6.07, 6.45) is 0. The van der Waals surface area contributed by atoms with Crippen LogP contribution < -0.4 is 15.8 Å². The number of benzene rings is 1. The lowest BCUT2D eigenvalue weighted by Gasteiger charge is -2.16. The largest absolute Gasteiger partial charge is 0.493 e. The molecule has 2 aromatic rings. The number of urea groups is 1. The first-order chi connectivity index (χ1) is 12.4. The molecule has 0 aliphatic carbocycles. The number of nitrogens with one attached hydrogen (secondary N) is 1. The molecule has 2 amide bonds. The summed E-state index contributed by atoms with van der Waals surface area (Å²) < 4.78 is 6.59. The third kappa shape index (κ3) is 3.46. The van der Waals surface area contributed by atoms with E-state index in [1.54, 1.807) is 4.90 Å². The molecule has 1 aromatic heterocycles. The number of aryl methyl sites for hydroxylation is 1. The van der Waals surface area contributed by atoms with Crippen LogP contribution in [0.2, 0.25) is 0 Å². The molecule has 7 nitrogen and oxygen atoms in total. The first kappa shape index (κ1) is 18.4. The highest BCUT2D eigenvalue weighted by molar-refractivity contribution is 9.10. The van der Waals surface area contributed by atoms with Crippen molar-refractivity contribution in [1.29, 1.82) is 0 Å². The van der Waals surface area contributed by atoms with E-state index >= 15 is 0 Å². The molecular formula is C18H22BrN5O2. The summed E-state index contributed by atoms with van der Waals surface area (Å²) in [6, 6.07) is 3.85. The van der Waals surface area contributed by atoms with Gasteiger partial charge in [-0.15, -0.1) is 0 Å².